The van der Waals surface area contributed by atoms with Gasteiger partial charge in [-0.3, -0.25) is 0 Å². The number of para-hydroxylation sites is 1. The van der Waals surface area contributed by atoms with E-state index in [0.29, 0.717) is 46.8 Å². The summed E-state index contributed by atoms with van der Waals surface area (Å²) in [6.07, 6.45) is 3.44. The van der Waals surface area contributed by atoms with Gasteiger partial charge in [0.2, 0.25) is 5.95 Å². The van der Waals surface area contributed by atoms with Crippen LogP contribution in [0.1, 0.15) is 20.8 Å². The molecule has 11 nitrogen and oxygen atoms in total. The minimum atomic E-state index is -3.52. The highest BCUT2D eigenvalue weighted by molar-refractivity contribution is 7.92. The van der Waals surface area contributed by atoms with Gasteiger partial charge in [0.05, 0.1) is 28.1 Å². The molecule has 0 atom stereocenters. The van der Waals surface area contributed by atoms with E-state index in [4.69, 9.17) is 4.74 Å². The molecule has 3 heterocycles. The molecule has 5 aromatic rings. The van der Waals surface area contributed by atoms with E-state index in [2.05, 4.69) is 30.9 Å². The van der Waals surface area contributed by atoms with E-state index in [1.54, 1.807) is 55.2 Å². The Hall–Kier alpha value is -4.45. The molecule has 196 valence electrons. The molecule has 0 unspecified atom stereocenters. The SMILES string of the molecule is CCOc1cc(-c2nncn2C)ccc1Nc1nc(Nc2ccccc2S(=O)(=O)C(C)C)c2cccn2n1. The van der Waals surface area contributed by atoms with Gasteiger partial charge in [0.25, 0.3) is 0 Å². The summed E-state index contributed by atoms with van der Waals surface area (Å²) < 4.78 is 35.4. The zero-order valence-electron chi connectivity index (χ0n) is 21.5. The Morgan fingerprint density at radius 1 is 1.03 bits per heavy atom. The second-order valence-corrected chi connectivity index (χ2v) is 11.3. The minimum Gasteiger partial charge on any atom is -0.492 e. The van der Waals surface area contributed by atoms with Crippen LogP contribution >= 0.6 is 0 Å². The van der Waals surface area contributed by atoms with Gasteiger partial charge < -0.3 is 19.9 Å². The number of hydrogen-bond acceptors (Lipinski definition) is 9. The number of ether oxygens (including phenoxy) is 1. The van der Waals surface area contributed by atoms with Gasteiger partial charge in [-0.15, -0.1) is 15.3 Å². The highest BCUT2D eigenvalue weighted by Gasteiger charge is 2.23. The highest BCUT2D eigenvalue weighted by Crippen LogP contribution is 2.33. The van der Waals surface area contributed by atoms with Gasteiger partial charge in [-0.1, -0.05) is 12.1 Å². The summed E-state index contributed by atoms with van der Waals surface area (Å²) in [6, 6.07) is 16.2. The van der Waals surface area contributed by atoms with Crippen molar-refractivity contribution in [3.05, 3.63) is 67.1 Å². The van der Waals surface area contributed by atoms with Crippen LogP contribution in [0.25, 0.3) is 16.9 Å². The van der Waals surface area contributed by atoms with E-state index < -0.39 is 15.1 Å². The molecular formula is C26H28N8O3S. The molecule has 2 N–H and O–H groups in total. The van der Waals surface area contributed by atoms with Crippen molar-refractivity contribution in [3.8, 4) is 17.1 Å². The van der Waals surface area contributed by atoms with Crippen LogP contribution in [0.4, 0.5) is 23.1 Å². The lowest BCUT2D eigenvalue weighted by Gasteiger charge is -2.16. The minimum absolute atomic E-state index is 0.214. The number of aromatic nitrogens is 6. The summed E-state index contributed by atoms with van der Waals surface area (Å²) in [7, 11) is -1.64. The van der Waals surface area contributed by atoms with Crippen molar-refractivity contribution in [2.24, 2.45) is 7.05 Å². The maximum Gasteiger partial charge on any atom is 0.247 e. The molecule has 0 aliphatic heterocycles. The quantitative estimate of drug-likeness (QED) is 0.280. The Morgan fingerprint density at radius 2 is 1.84 bits per heavy atom. The molecule has 0 spiro atoms. The number of benzene rings is 2. The second-order valence-electron chi connectivity index (χ2n) is 8.87. The van der Waals surface area contributed by atoms with Crippen molar-refractivity contribution < 1.29 is 13.2 Å². The maximum atomic E-state index is 13.0. The first kappa shape index (κ1) is 25.2. The van der Waals surface area contributed by atoms with E-state index >= 15 is 0 Å². The van der Waals surface area contributed by atoms with Crippen LogP contribution < -0.4 is 15.4 Å². The molecule has 2 aromatic carbocycles. The lowest BCUT2D eigenvalue weighted by atomic mass is 10.1. The van der Waals surface area contributed by atoms with Crippen molar-refractivity contribution >= 4 is 38.5 Å². The Labute approximate surface area is 220 Å². The number of nitrogens with zero attached hydrogens (tertiary/aromatic N) is 6. The maximum absolute atomic E-state index is 13.0. The highest BCUT2D eigenvalue weighted by atomic mass is 32.2. The zero-order valence-corrected chi connectivity index (χ0v) is 22.3. The summed E-state index contributed by atoms with van der Waals surface area (Å²) >= 11 is 0. The Balaban J connectivity index is 1.53. The van der Waals surface area contributed by atoms with Crippen LogP contribution in [0, 0.1) is 0 Å². The van der Waals surface area contributed by atoms with Crippen LogP contribution in [0.5, 0.6) is 5.75 Å². The molecule has 0 bridgehead atoms. The summed E-state index contributed by atoms with van der Waals surface area (Å²) in [5.74, 6) is 2.07. The number of hydrogen-bond donors (Lipinski definition) is 2. The van der Waals surface area contributed by atoms with Crippen molar-refractivity contribution in [2.75, 3.05) is 17.2 Å². The van der Waals surface area contributed by atoms with Crippen LogP contribution in [-0.4, -0.2) is 49.6 Å². The molecule has 12 heteroatoms. The number of aryl methyl sites for hydroxylation is 1. The fourth-order valence-electron chi connectivity index (χ4n) is 3.98. The molecule has 0 saturated carbocycles. The van der Waals surface area contributed by atoms with Crippen molar-refractivity contribution in [1.82, 2.24) is 29.4 Å². The second kappa shape index (κ2) is 10.1. The largest absolute Gasteiger partial charge is 0.492 e. The fraction of sp³-hybridized carbons (Fsp3) is 0.231. The number of sulfone groups is 1. The molecular weight excluding hydrogens is 504 g/mol. The first-order valence-electron chi connectivity index (χ1n) is 12.1. The van der Waals surface area contributed by atoms with Gasteiger partial charge in [-0.2, -0.15) is 4.98 Å². The predicted octanol–water partition coefficient (Wildman–Crippen LogP) is 4.59. The van der Waals surface area contributed by atoms with E-state index in [1.807, 2.05) is 48.9 Å². The van der Waals surface area contributed by atoms with E-state index in [9.17, 15) is 8.42 Å². The Bertz CT molecular complexity index is 1710. The summed E-state index contributed by atoms with van der Waals surface area (Å²) in [5.41, 5.74) is 2.65. The average Bonchev–Trinajstić information content (AvgIpc) is 3.54. The average molecular weight is 533 g/mol. The number of anilines is 4. The first-order valence-corrected chi connectivity index (χ1v) is 13.7. The van der Waals surface area contributed by atoms with Gasteiger partial charge in [-0.05, 0) is 63.2 Å². The molecule has 0 fully saturated rings. The van der Waals surface area contributed by atoms with Gasteiger partial charge in [0.15, 0.2) is 21.5 Å². The molecule has 3 aromatic heterocycles. The van der Waals surface area contributed by atoms with Crippen molar-refractivity contribution in [1.29, 1.82) is 0 Å². The van der Waals surface area contributed by atoms with Crippen LogP contribution in [0.2, 0.25) is 0 Å². The van der Waals surface area contributed by atoms with Crippen molar-refractivity contribution in [2.45, 2.75) is 30.9 Å². The summed E-state index contributed by atoms with van der Waals surface area (Å²) in [6.45, 7) is 5.69. The molecule has 0 saturated heterocycles. The van der Waals surface area contributed by atoms with Gasteiger partial charge >= 0.3 is 0 Å². The monoisotopic (exact) mass is 532 g/mol. The van der Waals surface area contributed by atoms with Crippen LogP contribution in [-0.2, 0) is 16.9 Å². The summed E-state index contributed by atoms with van der Waals surface area (Å²) in [5, 5.41) is 18.6. The lowest BCUT2D eigenvalue weighted by Crippen LogP contribution is -2.16. The molecule has 0 amide bonds. The van der Waals surface area contributed by atoms with Gasteiger partial charge in [0, 0.05) is 18.8 Å². The lowest BCUT2D eigenvalue weighted by molar-refractivity contribution is 0.342. The molecule has 0 aliphatic rings. The van der Waals surface area contributed by atoms with Gasteiger partial charge in [-0.25, -0.2) is 12.9 Å². The smallest absolute Gasteiger partial charge is 0.247 e. The third-order valence-corrected chi connectivity index (χ3v) is 8.17. The molecule has 38 heavy (non-hydrogen) atoms. The molecule has 0 radical (unpaired) electrons. The van der Waals surface area contributed by atoms with E-state index in [1.165, 1.54) is 0 Å². The van der Waals surface area contributed by atoms with Crippen LogP contribution in [0.15, 0.2) is 72.0 Å². The third-order valence-electron chi connectivity index (χ3n) is 5.96. The molecule has 0 aliphatic carbocycles. The number of nitrogens with one attached hydrogen (secondary N) is 2. The topological polar surface area (TPSA) is 128 Å². The number of rotatable bonds is 9. The third kappa shape index (κ3) is 4.77. The number of fused-ring (bicyclic) bond motifs is 1. The first-order chi connectivity index (χ1) is 18.3. The standard InChI is InChI=1S/C26H28N8O3S/c1-5-37-22-15-18(25-31-27-16-33(25)4)12-13-19(22)29-26-30-24(21-10-8-14-34(21)32-26)28-20-9-6-7-11-23(20)38(35,36)17(2)3/h6-17H,5H2,1-4H3,(H2,28,29,30,32). The summed E-state index contributed by atoms with van der Waals surface area (Å²) in [4.78, 5) is 4.90. The Morgan fingerprint density at radius 3 is 2.58 bits per heavy atom. The molecule has 5 rings (SSSR count). The normalized spacial score (nSPS) is 11.7. The van der Waals surface area contributed by atoms with Crippen LogP contribution in [0.3, 0.4) is 0 Å². The van der Waals surface area contributed by atoms with E-state index in [0.717, 1.165) is 5.56 Å². The van der Waals surface area contributed by atoms with E-state index in [-0.39, 0.29) is 4.90 Å². The Kier molecular flexibility index (Phi) is 6.72. The predicted molar refractivity (Wildman–Crippen MR) is 146 cm³/mol. The fourth-order valence-corrected chi connectivity index (χ4v) is 5.19. The zero-order chi connectivity index (χ0) is 26.9. The van der Waals surface area contributed by atoms with Gasteiger partial charge in [0.1, 0.15) is 17.6 Å². The van der Waals surface area contributed by atoms with Crippen molar-refractivity contribution in [3.63, 3.8) is 0 Å².